The van der Waals surface area contributed by atoms with Gasteiger partial charge in [0.1, 0.15) is 0 Å². The minimum absolute atomic E-state index is 0.743. The molecule has 0 amide bonds. The number of nitrogen functional groups attached to an aromatic ring is 1. The maximum Gasteiger partial charge on any atom is 0.0425 e. The summed E-state index contributed by atoms with van der Waals surface area (Å²) in [6, 6.07) is 9.75. The van der Waals surface area contributed by atoms with Crippen LogP contribution in [0.3, 0.4) is 0 Å². The fourth-order valence-electron chi connectivity index (χ4n) is 1.31. The summed E-state index contributed by atoms with van der Waals surface area (Å²) in [6.07, 6.45) is 3.46. The van der Waals surface area contributed by atoms with Crippen LogP contribution in [0, 0.1) is 0 Å². The molecule has 1 aromatic carbocycles. The SMILES string of the molecule is Nc1ccncc1-c1ccccc1Br. The fraction of sp³-hybridized carbons (Fsp3) is 0. The summed E-state index contributed by atoms with van der Waals surface area (Å²) < 4.78 is 1.03. The minimum atomic E-state index is 0.743. The zero-order valence-electron chi connectivity index (χ0n) is 7.44. The highest BCUT2D eigenvalue weighted by molar-refractivity contribution is 9.10. The van der Waals surface area contributed by atoms with Gasteiger partial charge >= 0.3 is 0 Å². The van der Waals surface area contributed by atoms with E-state index in [2.05, 4.69) is 20.9 Å². The van der Waals surface area contributed by atoms with E-state index in [1.165, 1.54) is 0 Å². The number of halogens is 1. The number of aromatic nitrogens is 1. The first-order chi connectivity index (χ1) is 6.79. The second-order valence-corrected chi connectivity index (χ2v) is 3.80. The van der Waals surface area contributed by atoms with Crippen LogP contribution in [-0.2, 0) is 0 Å². The third-order valence-corrected chi connectivity index (χ3v) is 2.71. The lowest BCUT2D eigenvalue weighted by Gasteiger charge is -2.06. The van der Waals surface area contributed by atoms with Gasteiger partial charge in [-0.25, -0.2) is 0 Å². The lowest BCUT2D eigenvalue weighted by molar-refractivity contribution is 1.33. The molecule has 2 N–H and O–H groups in total. The van der Waals surface area contributed by atoms with Crippen LogP contribution < -0.4 is 5.73 Å². The molecule has 0 bridgehead atoms. The lowest BCUT2D eigenvalue weighted by atomic mass is 10.1. The Morgan fingerprint density at radius 1 is 1.07 bits per heavy atom. The van der Waals surface area contributed by atoms with Crippen molar-refractivity contribution in [2.45, 2.75) is 0 Å². The third-order valence-electron chi connectivity index (χ3n) is 2.02. The van der Waals surface area contributed by atoms with E-state index in [-0.39, 0.29) is 0 Å². The molecule has 2 rings (SSSR count). The number of hydrogen-bond donors (Lipinski definition) is 1. The van der Waals surface area contributed by atoms with E-state index in [4.69, 9.17) is 5.73 Å². The van der Waals surface area contributed by atoms with Gasteiger partial charge in [0.25, 0.3) is 0 Å². The van der Waals surface area contributed by atoms with Gasteiger partial charge in [-0.15, -0.1) is 0 Å². The van der Waals surface area contributed by atoms with Gasteiger partial charge in [0, 0.05) is 28.1 Å². The largest absolute Gasteiger partial charge is 0.398 e. The molecule has 0 saturated carbocycles. The number of benzene rings is 1. The number of rotatable bonds is 1. The second-order valence-electron chi connectivity index (χ2n) is 2.94. The van der Waals surface area contributed by atoms with Crippen LogP contribution in [0.25, 0.3) is 11.1 Å². The molecule has 1 aromatic heterocycles. The van der Waals surface area contributed by atoms with Crippen molar-refractivity contribution in [1.82, 2.24) is 4.98 Å². The molecule has 2 nitrogen and oxygen atoms in total. The molecule has 0 radical (unpaired) electrons. The van der Waals surface area contributed by atoms with Crippen molar-refractivity contribution in [1.29, 1.82) is 0 Å². The van der Waals surface area contributed by atoms with Crippen LogP contribution in [0.5, 0.6) is 0 Å². The van der Waals surface area contributed by atoms with Crippen molar-refractivity contribution in [2.24, 2.45) is 0 Å². The molecule has 0 spiro atoms. The molecular formula is C11H9BrN2. The first-order valence-electron chi connectivity index (χ1n) is 4.23. The van der Waals surface area contributed by atoms with Crippen LogP contribution in [0.2, 0.25) is 0 Å². The summed E-state index contributed by atoms with van der Waals surface area (Å²) in [5, 5.41) is 0. The van der Waals surface area contributed by atoms with Gasteiger partial charge in [-0.2, -0.15) is 0 Å². The van der Waals surface area contributed by atoms with Crippen LogP contribution in [-0.4, -0.2) is 4.98 Å². The number of pyridine rings is 1. The number of anilines is 1. The van der Waals surface area contributed by atoms with E-state index in [0.717, 1.165) is 21.3 Å². The van der Waals surface area contributed by atoms with Crippen LogP contribution in [0.4, 0.5) is 5.69 Å². The van der Waals surface area contributed by atoms with Gasteiger partial charge in [0.05, 0.1) is 0 Å². The molecule has 2 aromatic rings. The van der Waals surface area contributed by atoms with Crippen LogP contribution in [0.15, 0.2) is 47.2 Å². The van der Waals surface area contributed by atoms with E-state index in [9.17, 15) is 0 Å². The van der Waals surface area contributed by atoms with E-state index in [1.54, 1.807) is 18.5 Å². The fourth-order valence-corrected chi connectivity index (χ4v) is 1.81. The van der Waals surface area contributed by atoms with Crippen molar-refractivity contribution < 1.29 is 0 Å². The van der Waals surface area contributed by atoms with E-state index < -0.39 is 0 Å². The van der Waals surface area contributed by atoms with Crippen molar-refractivity contribution in [3.63, 3.8) is 0 Å². The summed E-state index contributed by atoms with van der Waals surface area (Å²) in [4.78, 5) is 4.06. The van der Waals surface area contributed by atoms with E-state index in [0.29, 0.717) is 0 Å². The smallest absolute Gasteiger partial charge is 0.0425 e. The highest BCUT2D eigenvalue weighted by Crippen LogP contribution is 2.30. The molecule has 0 aliphatic rings. The van der Waals surface area contributed by atoms with Crippen molar-refractivity contribution in [3.05, 3.63) is 47.2 Å². The van der Waals surface area contributed by atoms with Gasteiger partial charge < -0.3 is 5.73 Å². The topological polar surface area (TPSA) is 38.9 Å². The first kappa shape index (κ1) is 9.21. The van der Waals surface area contributed by atoms with E-state index >= 15 is 0 Å². The predicted octanol–water partition coefficient (Wildman–Crippen LogP) is 3.09. The highest BCUT2D eigenvalue weighted by Gasteiger charge is 2.04. The average molecular weight is 249 g/mol. The quantitative estimate of drug-likeness (QED) is 0.843. The molecule has 1 heterocycles. The third kappa shape index (κ3) is 1.63. The molecule has 0 atom stereocenters. The first-order valence-corrected chi connectivity index (χ1v) is 5.03. The summed E-state index contributed by atoms with van der Waals surface area (Å²) in [6.45, 7) is 0. The molecule has 14 heavy (non-hydrogen) atoms. The highest BCUT2D eigenvalue weighted by atomic mass is 79.9. The Morgan fingerprint density at radius 3 is 2.57 bits per heavy atom. The molecule has 0 saturated heterocycles. The molecule has 0 aliphatic heterocycles. The number of nitrogens with zero attached hydrogens (tertiary/aromatic N) is 1. The maximum absolute atomic E-state index is 5.86. The zero-order valence-corrected chi connectivity index (χ0v) is 9.03. The Balaban J connectivity index is 2.61. The van der Waals surface area contributed by atoms with Gasteiger partial charge in [-0.05, 0) is 17.7 Å². The lowest BCUT2D eigenvalue weighted by Crippen LogP contribution is -1.90. The zero-order chi connectivity index (χ0) is 9.97. The Labute approximate surface area is 90.9 Å². The molecule has 3 heteroatoms. The monoisotopic (exact) mass is 248 g/mol. The summed E-state index contributed by atoms with van der Waals surface area (Å²) in [5.74, 6) is 0. The molecule has 0 fully saturated rings. The Morgan fingerprint density at radius 2 is 1.86 bits per heavy atom. The van der Waals surface area contributed by atoms with Crippen molar-refractivity contribution in [3.8, 4) is 11.1 Å². The van der Waals surface area contributed by atoms with Crippen molar-refractivity contribution in [2.75, 3.05) is 5.73 Å². The summed E-state index contributed by atoms with van der Waals surface area (Å²) in [7, 11) is 0. The normalized spacial score (nSPS) is 10.1. The maximum atomic E-state index is 5.86. The average Bonchev–Trinajstić information content (AvgIpc) is 2.20. The second kappa shape index (κ2) is 3.80. The number of nitrogens with two attached hydrogens (primary N) is 1. The Hall–Kier alpha value is -1.35. The van der Waals surface area contributed by atoms with Gasteiger partial charge in [0.2, 0.25) is 0 Å². The predicted molar refractivity (Wildman–Crippen MR) is 61.8 cm³/mol. The number of hydrogen-bond acceptors (Lipinski definition) is 2. The summed E-state index contributed by atoms with van der Waals surface area (Å²) in [5.41, 5.74) is 8.63. The minimum Gasteiger partial charge on any atom is -0.398 e. The Kier molecular flexibility index (Phi) is 2.50. The molecule has 0 unspecified atom stereocenters. The molecular weight excluding hydrogens is 240 g/mol. The van der Waals surface area contributed by atoms with E-state index in [1.807, 2.05) is 24.3 Å². The van der Waals surface area contributed by atoms with Gasteiger partial charge in [-0.3, -0.25) is 4.98 Å². The van der Waals surface area contributed by atoms with Gasteiger partial charge in [-0.1, -0.05) is 34.1 Å². The van der Waals surface area contributed by atoms with Gasteiger partial charge in [0.15, 0.2) is 0 Å². The van der Waals surface area contributed by atoms with Crippen molar-refractivity contribution >= 4 is 21.6 Å². The molecule has 70 valence electrons. The molecule has 0 aliphatic carbocycles. The Bertz CT molecular complexity index is 411. The van der Waals surface area contributed by atoms with Crippen LogP contribution >= 0.6 is 15.9 Å². The standard InChI is InChI=1S/C11H9BrN2/c12-10-4-2-1-3-8(10)9-7-14-6-5-11(9)13/h1-7H,(H2,13,14). The van der Waals surface area contributed by atoms with Crippen LogP contribution in [0.1, 0.15) is 0 Å². The summed E-state index contributed by atoms with van der Waals surface area (Å²) >= 11 is 3.48.